The van der Waals surface area contributed by atoms with E-state index in [0.29, 0.717) is 24.3 Å². The lowest BCUT2D eigenvalue weighted by atomic mass is 9.88. The largest absolute Gasteiger partial charge is 0.508 e. The van der Waals surface area contributed by atoms with E-state index in [0.717, 1.165) is 66.6 Å². The highest BCUT2D eigenvalue weighted by Crippen LogP contribution is 2.45. The zero-order valence-corrected chi connectivity index (χ0v) is 23.1. The van der Waals surface area contributed by atoms with E-state index in [2.05, 4.69) is 6.58 Å². The van der Waals surface area contributed by atoms with Crippen LogP contribution in [-0.4, -0.2) is 38.0 Å². The van der Waals surface area contributed by atoms with E-state index in [1.165, 1.54) is 0 Å². The van der Waals surface area contributed by atoms with Crippen molar-refractivity contribution in [3.05, 3.63) is 65.9 Å². The van der Waals surface area contributed by atoms with Gasteiger partial charge in [0.15, 0.2) is 0 Å². The molecule has 0 saturated heterocycles. The first-order valence-electron chi connectivity index (χ1n) is 13.4. The summed E-state index contributed by atoms with van der Waals surface area (Å²) >= 11 is 0. The highest BCUT2D eigenvalue weighted by Gasteiger charge is 2.56. The Balaban J connectivity index is 1.38. The SMILES string of the molecule is C=C1C(c2ccc(O)cc2)=C(CCCCCCCCCS(=O)CCCC(F)(F)C(F)(F)F)Oc2cc(O)ccc21. The van der Waals surface area contributed by atoms with E-state index in [4.69, 9.17) is 4.74 Å². The molecular weight excluding hydrogens is 551 g/mol. The number of unbranched alkanes of at least 4 members (excludes halogenated alkanes) is 6. The molecule has 40 heavy (non-hydrogen) atoms. The number of phenolic OH excluding ortho intramolecular Hbond substituents is 2. The number of benzene rings is 2. The molecule has 1 aliphatic rings. The summed E-state index contributed by atoms with van der Waals surface area (Å²) in [6.45, 7) is 4.27. The predicted molar refractivity (Wildman–Crippen MR) is 148 cm³/mol. The molecule has 3 rings (SSSR count). The van der Waals surface area contributed by atoms with Gasteiger partial charge in [0.05, 0.1) is 0 Å². The number of hydrogen-bond donors (Lipinski definition) is 2. The molecule has 1 aliphatic heterocycles. The first-order chi connectivity index (χ1) is 18.9. The molecule has 0 bridgehead atoms. The molecule has 2 aromatic carbocycles. The maximum absolute atomic E-state index is 12.9. The Hall–Kier alpha value is -2.88. The minimum atomic E-state index is -5.56. The van der Waals surface area contributed by atoms with E-state index in [9.17, 15) is 36.4 Å². The van der Waals surface area contributed by atoms with E-state index < -0.39 is 35.7 Å². The van der Waals surface area contributed by atoms with Crippen LogP contribution in [0.1, 0.15) is 75.3 Å². The van der Waals surface area contributed by atoms with Crippen molar-refractivity contribution in [2.24, 2.45) is 0 Å². The number of phenols is 2. The molecule has 0 saturated carbocycles. The van der Waals surface area contributed by atoms with E-state index >= 15 is 0 Å². The molecule has 2 N–H and O–H groups in total. The van der Waals surface area contributed by atoms with Crippen molar-refractivity contribution in [2.75, 3.05) is 11.5 Å². The topological polar surface area (TPSA) is 66.8 Å². The highest BCUT2D eigenvalue weighted by molar-refractivity contribution is 7.84. The smallest absolute Gasteiger partial charge is 0.453 e. The molecule has 4 nitrogen and oxygen atoms in total. The van der Waals surface area contributed by atoms with Gasteiger partial charge in [-0.05, 0) is 54.7 Å². The van der Waals surface area contributed by atoms with Crippen molar-refractivity contribution in [1.82, 2.24) is 0 Å². The number of ether oxygens (including phenoxy) is 1. The molecular formula is C30H35F5O4S. The van der Waals surface area contributed by atoms with Gasteiger partial charge in [0.2, 0.25) is 0 Å². The maximum Gasteiger partial charge on any atom is 0.453 e. The molecule has 1 atom stereocenters. The summed E-state index contributed by atoms with van der Waals surface area (Å²) in [5.74, 6) is -3.00. The van der Waals surface area contributed by atoms with Crippen LogP contribution in [0.4, 0.5) is 22.0 Å². The maximum atomic E-state index is 12.9. The van der Waals surface area contributed by atoms with Crippen LogP contribution in [0.25, 0.3) is 11.1 Å². The quantitative estimate of drug-likeness (QED) is 0.162. The number of hydrogen-bond acceptors (Lipinski definition) is 4. The van der Waals surface area contributed by atoms with Gasteiger partial charge in [-0.1, -0.05) is 50.8 Å². The molecule has 1 unspecified atom stereocenters. The summed E-state index contributed by atoms with van der Waals surface area (Å²) in [6.07, 6.45) is -0.488. The predicted octanol–water partition coefficient (Wildman–Crippen LogP) is 8.76. The summed E-state index contributed by atoms with van der Waals surface area (Å²) in [4.78, 5) is 0. The minimum absolute atomic E-state index is 0.103. The van der Waals surface area contributed by atoms with Crippen molar-refractivity contribution in [1.29, 1.82) is 0 Å². The van der Waals surface area contributed by atoms with Gasteiger partial charge in [-0.25, -0.2) is 0 Å². The highest BCUT2D eigenvalue weighted by atomic mass is 32.2. The number of halogens is 5. The van der Waals surface area contributed by atoms with Crippen LogP contribution in [0.3, 0.4) is 0 Å². The molecule has 0 spiro atoms. The van der Waals surface area contributed by atoms with Crippen LogP contribution in [-0.2, 0) is 10.8 Å². The third-order valence-corrected chi connectivity index (χ3v) is 8.30. The van der Waals surface area contributed by atoms with Gasteiger partial charge in [-0.3, -0.25) is 4.21 Å². The number of aromatic hydroxyl groups is 2. The molecule has 220 valence electrons. The summed E-state index contributed by atoms with van der Waals surface area (Å²) in [6, 6.07) is 11.8. The summed E-state index contributed by atoms with van der Waals surface area (Å²) < 4.78 is 80.5. The standard InChI is InChI=1S/C30H35F5O4S/c1-21-25-16-15-24(37)20-27(25)39-26(28(21)22-11-13-23(36)14-12-22)10-7-5-3-2-4-6-8-18-40(38)19-9-17-29(31,32)30(33,34)35/h11-16,20,36-37H,1-10,17-19H2. The van der Waals surface area contributed by atoms with Crippen LogP contribution in [0.2, 0.25) is 0 Å². The van der Waals surface area contributed by atoms with Gasteiger partial charge in [-0.15, -0.1) is 0 Å². The van der Waals surface area contributed by atoms with Crippen molar-refractivity contribution < 1.29 is 41.1 Å². The van der Waals surface area contributed by atoms with Crippen molar-refractivity contribution >= 4 is 21.9 Å². The van der Waals surface area contributed by atoms with Gasteiger partial charge in [0.25, 0.3) is 0 Å². The Morgan fingerprint density at radius 2 is 1.35 bits per heavy atom. The van der Waals surface area contributed by atoms with Crippen LogP contribution < -0.4 is 4.74 Å². The normalized spacial score (nSPS) is 14.7. The molecule has 0 aromatic heterocycles. The van der Waals surface area contributed by atoms with Crippen LogP contribution in [0, 0.1) is 0 Å². The lowest BCUT2D eigenvalue weighted by Gasteiger charge is -2.26. The summed E-state index contributed by atoms with van der Waals surface area (Å²) in [5.41, 5.74) is 3.33. The Morgan fingerprint density at radius 1 is 0.775 bits per heavy atom. The van der Waals surface area contributed by atoms with Crippen LogP contribution in [0.5, 0.6) is 17.2 Å². The fraction of sp³-hybridized carbons (Fsp3) is 0.467. The fourth-order valence-corrected chi connectivity index (χ4v) is 5.80. The Kier molecular flexibility index (Phi) is 11.2. The first kappa shape index (κ1) is 31.6. The molecule has 0 radical (unpaired) electrons. The lowest BCUT2D eigenvalue weighted by molar-refractivity contribution is -0.284. The Bertz CT molecular complexity index is 1210. The Morgan fingerprint density at radius 3 is 2.00 bits per heavy atom. The van der Waals surface area contributed by atoms with E-state index in [1.807, 2.05) is 12.1 Å². The lowest BCUT2D eigenvalue weighted by Crippen LogP contribution is -2.36. The van der Waals surface area contributed by atoms with Gasteiger partial charge < -0.3 is 14.9 Å². The second-order valence-electron chi connectivity index (χ2n) is 9.98. The minimum Gasteiger partial charge on any atom is -0.508 e. The number of alkyl halides is 5. The van der Waals surface area contributed by atoms with Crippen LogP contribution >= 0.6 is 0 Å². The molecule has 1 heterocycles. The van der Waals surface area contributed by atoms with Crippen molar-refractivity contribution in [3.8, 4) is 17.2 Å². The zero-order valence-electron chi connectivity index (χ0n) is 22.2. The molecule has 10 heteroatoms. The van der Waals surface area contributed by atoms with Crippen molar-refractivity contribution in [2.45, 2.75) is 76.3 Å². The number of rotatable bonds is 15. The molecule has 0 amide bonds. The van der Waals surface area contributed by atoms with Crippen LogP contribution in [0.15, 0.2) is 54.8 Å². The van der Waals surface area contributed by atoms with Gasteiger partial charge in [0, 0.05) is 52.3 Å². The average Bonchev–Trinajstić information content (AvgIpc) is 2.87. The Labute approximate surface area is 234 Å². The second-order valence-corrected chi connectivity index (χ2v) is 11.7. The third kappa shape index (κ3) is 8.81. The third-order valence-electron chi connectivity index (χ3n) is 6.81. The molecule has 0 fully saturated rings. The molecule has 0 aliphatic carbocycles. The fourth-order valence-electron chi connectivity index (χ4n) is 4.60. The average molecular weight is 587 g/mol. The van der Waals surface area contributed by atoms with Gasteiger partial charge >= 0.3 is 12.1 Å². The summed E-state index contributed by atoms with van der Waals surface area (Å²) in [7, 11) is -1.39. The van der Waals surface area contributed by atoms with Gasteiger partial charge in [-0.2, -0.15) is 22.0 Å². The second kappa shape index (κ2) is 14.1. The number of allylic oxidation sites excluding steroid dienone is 3. The van der Waals surface area contributed by atoms with Crippen molar-refractivity contribution in [3.63, 3.8) is 0 Å². The number of fused-ring (bicyclic) bond motifs is 1. The summed E-state index contributed by atoms with van der Waals surface area (Å²) in [5, 5.41) is 19.6. The first-order valence-corrected chi connectivity index (χ1v) is 14.9. The van der Waals surface area contributed by atoms with E-state index in [-0.39, 0.29) is 17.3 Å². The van der Waals surface area contributed by atoms with Gasteiger partial charge in [0.1, 0.15) is 23.0 Å². The van der Waals surface area contributed by atoms with E-state index in [1.54, 1.807) is 30.3 Å². The molecule has 2 aromatic rings. The zero-order chi connectivity index (χ0) is 29.3. The monoisotopic (exact) mass is 586 g/mol.